The SMILES string of the molecule is CN(CCNC(=O)/C=C/c1cnn(-c2ccccc2)c1)c1ccccc1. The van der Waals surface area contributed by atoms with Crippen LogP contribution in [0.25, 0.3) is 11.8 Å². The topological polar surface area (TPSA) is 50.2 Å². The van der Waals surface area contributed by atoms with Crippen LogP contribution in [-0.2, 0) is 4.79 Å². The highest BCUT2D eigenvalue weighted by molar-refractivity contribution is 5.91. The van der Waals surface area contributed by atoms with Gasteiger partial charge in [-0.15, -0.1) is 0 Å². The number of benzene rings is 2. The van der Waals surface area contributed by atoms with E-state index < -0.39 is 0 Å². The molecule has 132 valence electrons. The van der Waals surface area contributed by atoms with Gasteiger partial charge in [0.15, 0.2) is 0 Å². The first-order chi connectivity index (χ1) is 12.7. The van der Waals surface area contributed by atoms with Gasteiger partial charge in [-0.05, 0) is 30.3 Å². The molecule has 0 bridgehead atoms. The number of carbonyl (C=O) groups excluding carboxylic acids is 1. The lowest BCUT2D eigenvalue weighted by atomic mass is 10.3. The van der Waals surface area contributed by atoms with Crippen LogP contribution in [0.5, 0.6) is 0 Å². The van der Waals surface area contributed by atoms with Crippen LogP contribution in [0.15, 0.2) is 79.1 Å². The standard InChI is InChI=1S/C21H22N4O/c1-24(19-8-4-2-5-9-19)15-14-22-21(26)13-12-18-16-23-25(17-18)20-10-6-3-7-11-20/h2-13,16-17H,14-15H2,1H3,(H,22,26)/b13-12+. The first-order valence-electron chi connectivity index (χ1n) is 8.54. The van der Waals surface area contributed by atoms with Gasteiger partial charge in [0.2, 0.25) is 5.91 Å². The van der Waals surface area contributed by atoms with Gasteiger partial charge < -0.3 is 10.2 Å². The molecular formula is C21H22N4O. The number of likely N-dealkylation sites (N-methyl/N-ethyl adjacent to an activating group) is 1. The van der Waals surface area contributed by atoms with Crippen molar-refractivity contribution in [3.63, 3.8) is 0 Å². The number of carbonyl (C=O) groups is 1. The summed E-state index contributed by atoms with van der Waals surface area (Å²) in [4.78, 5) is 14.1. The van der Waals surface area contributed by atoms with Crippen LogP contribution in [0, 0.1) is 0 Å². The Morgan fingerprint density at radius 1 is 1.12 bits per heavy atom. The lowest BCUT2D eigenvalue weighted by Gasteiger charge is -2.19. The van der Waals surface area contributed by atoms with Gasteiger partial charge in [0.05, 0.1) is 11.9 Å². The molecule has 1 heterocycles. The molecule has 1 aromatic heterocycles. The van der Waals surface area contributed by atoms with E-state index in [-0.39, 0.29) is 5.91 Å². The van der Waals surface area contributed by atoms with Crippen molar-refractivity contribution in [1.29, 1.82) is 0 Å². The van der Waals surface area contributed by atoms with Crippen LogP contribution in [-0.4, -0.2) is 35.8 Å². The molecule has 0 aliphatic rings. The Morgan fingerprint density at radius 3 is 2.54 bits per heavy atom. The van der Waals surface area contributed by atoms with Crippen LogP contribution >= 0.6 is 0 Å². The van der Waals surface area contributed by atoms with E-state index in [4.69, 9.17) is 0 Å². The zero-order valence-electron chi connectivity index (χ0n) is 14.7. The Balaban J connectivity index is 1.47. The first kappa shape index (κ1) is 17.5. The normalized spacial score (nSPS) is 10.8. The Kier molecular flexibility index (Phi) is 5.83. The minimum Gasteiger partial charge on any atom is -0.373 e. The van der Waals surface area contributed by atoms with Crippen LogP contribution < -0.4 is 10.2 Å². The molecule has 0 aliphatic carbocycles. The molecule has 3 aromatic rings. The van der Waals surface area contributed by atoms with E-state index in [0.717, 1.165) is 23.5 Å². The van der Waals surface area contributed by atoms with E-state index in [9.17, 15) is 4.79 Å². The molecule has 1 amide bonds. The zero-order valence-corrected chi connectivity index (χ0v) is 14.7. The number of hydrogen-bond acceptors (Lipinski definition) is 3. The average molecular weight is 346 g/mol. The van der Waals surface area contributed by atoms with E-state index in [0.29, 0.717) is 6.54 Å². The highest BCUT2D eigenvalue weighted by atomic mass is 16.1. The zero-order chi connectivity index (χ0) is 18.2. The number of para-hydroxylation sites is 2. The lowest BCUT2D eigenvalue weighted by molar-refractivity contribution is -0.116. The third-order valence-electron chi connectivity index (χ3n) is 3.99. The molecule has 0 fully saturated rings. The van der Waals surface area contributed by atoms with Crippen molar-refractivity contribution in [3.8, 4) is 5.69 Å². The van der Waals surface area contributed by atoms with Crippen molar-refractivity contribution < 1.29 is 4.79 Å². The van der Waals surface area contributed by atoms with Crippen LogP contribution in [0.3, 0.4) is 0 Å². The van der Waals surface area contributed by atoms with Gasteiger partial charge in [-0.3, -0.25) is 4.79 Å². The van der Waals surface area contributed by atoms with E-state index in [2.05, 4.69) is 15.3 Å². The second kappa shape index (κ2) is 8.67. The molecule has 0 atom stereocenters. The number of rotatable bonds is 7. The maximum Gasteiger partial charge on any atom is 0.244 e. The van der Waals surface area contributed by atoms with E-state index >= 15 is 0 Å². The van der Waals surface area contributed by atoms with Crippen LogP contribution in [0.2, 0.25) is 0 Å². The van der Waals surface area contributed by atoms with Crippen molar-refractivity contribution in [2.45, 2.75) is 0 Å². The fourth-order valence-corrected chi connectivity index (χ4v) is 2.53. The maximum atomic E-state index is 12.0. The number of amides is 1. The van der Waals surface area contributed by atoms with Crippen LogP contribution in [0.4, 0.5) is 5.69 Å². The fraction of sp³-hybridized carbons (Fsp3) is 0.143. The van der Waals surface area contributed by atoms with Crippen molar-refractivity contribution in [3.05, 3.63) is 84.7 Å². The Labute approximate surface area is 153 Å². The molecular weight excluding hydrogens is 324 g/mol. The van der Waals surface area contributed by atoms with Crippen LogP contribution in [0.1, 0.15) is 5.56 Å². The van der Waals surface area contributed by atoms with E-state index in [1.807, 2.05) is 73.9 Å². The largest absolute Gasteiger partial charge is 0.373 e. The average Bonchev–Trinajstić information content (AvgIpc) is 3.17. The summed E-state index contributed by atoms with van der Waals surface area (Å²) < 4.78 is 1.78. The van der Waals surface area contributed by atoms with Gasteiger partial charge in [-0.2, -0.15) is 5.10 Å². The summed E-state index contributed by atoms with van der Waals surface area (Å²) in [6.07, 6.45) is 6.93. The molecule has 5 nitrogen and oxygen atoms in total. The molecule has 0 saturated heterocycles. The van der Waals surface area contributed by atoms with Crippen molar-refractivity contribution in [2.75, 3.05) is 25.0 Å². The fourth-order valence-electron chi connectivity index (χ4n) is 2.53. The minimum atomic E-state index is -0.112. The summed E-state index contributed by atoms with van der Waals surface area (Å²) in [5, 5.41) is 7.21. The minimum absolute atomic E-state index is 0.112. The number of nitrogens with one attached hydrogen (secondary N) is 1. The molecule has 0 unspecified atom stereocenters. The van der Waals surface area contributed by atoms with E-state index in [1.165, 1.54) is 6.08 Å². The second-order valence-electron chi connectivity index (χ2n) is 5.94. The molecule has 0 aliphatic heterocycles. The summed E-state index contributed by atoms with van der Waals surface area (Å²) in [5.41, 5.74) is 3.00. The molecule has 0 radical (unpaired) electrons. The van der Waals surface area contributed by atoms with Gasteiger partial charge in [-0.1, -0.05) is 36.4 Å². The summed E-state index contributed by atoms with van der Waals surface area (Å²) >= 11 is 0. The van der Waals surface area contributed by atoms with Gasteiger partial charge >= 0.3 is 0 Å². The summed E-state index contributed by atoms with van der Waals surface area (Å²) in [5.74, 6) is -0.112. The smallest absolute Gasteiger partial charge is 0.244 e. The third kappa shape index (κ3) is 4.83. The molecule has 0 spiro atoms. The Morgan fingerprint density at radius 2 is 1.81 bits per heavy atom. The number of nitrogens with zero attached hydrogens (tertiary/aromatic N) is 3. The van der Waals surface area contributed by atoms with Gasteiger partial charge in [0.1, 0.15) is 0 Å². The first-order valence-corrected chi connectivity index (χ1v) is 8.54. The highest BCUT2D eigenvalue weighted by Gasteiger charge is 2.02. The third-order valence-corrected chi connectivity index (χ3v) is 3.99. The van der Waals surface area contributed by atoms with Gasteiger partial charge in [0.25, 0.3) is 0 Å². The van der Waals surface area contributed by atoms with Gasteiger partial charge in [0, 0.05) is 43.7 Å². The maximum absolute atomic E-state index is 12.0. The second-order valence-corrected chi connectivity index (χ2v) is 5.94. The highest BCUT2D eigenvalue weighted by Crippen LogP contribution is 2.10. The Bertz CT molecular complexity index is 856. The lowest BCUT2D eigenvalue weighted by Crippen LogP contribution is -2.31. The van der Waals surface area contributed by atoms with Crippen molar-refractivity contribution in [2.24, 2.45) is 0 Å². The summed E-state index contributed by atoms with van der Waals surface area (Å²) in [6.45, 7) is 1.33. The van der Waals surface area contributed by atoms with Crippen molar-refractivity contribution >= 4 is 17.7 Å². The quantitative estimate of drug-likeness (QED) is 0.669. The van der Waals surface area contributed by atoms with Crippen molar-refractivity contribution in [1.82, 2.24) is 15.1 Å². The molecule has 2 aromatic carbocycles. The number of anilines is 1. The number of aromatic nitrogens is 2. The van der Waals surface area contributed by atoms with Gasteiger partial charge in [-0.25, -0.2) is 4.68 Å². The predicted molar refractivity (Wildman–Crippen MR) is 105 cm³/mol. The predicted octanol–water partition coefficient (Wildman–Crippen LogP) is 3.14. The Hall–Kier alpha value is -3.34. The summed E-state index contributed by atoms with van der Waals surface area (Å²) in [6, 6.07) is 20.0. The molecule has 1 N–H and O–H groups in total. The van der Waals surface area contributed by atoms with E-state index in [1.54, 1.807) is 17.0 Å². The number of hydrogen-bond donors (Lipinski definition) is 1. The molecule has 26 heavy (non-hydrogen) atoms. The molecule has 5 heteroatoms. The molecule has 0 saturated carbocycles. The molecule has 3 rings (SSSR count). The monoisotopic (exact) mass is 346 g/mol. The summed E-state index contributed by atoms with van der Waals surface area (Å²) in [7, 11) is 2.01.